The van der Waals surface area contributed by atoms with Crippen LogP contribution < -0.4 is 11.3 Å². The SMILES string of the molecule is NNC(=O)Cc1nnc2ccccc2n1. The van der Waals surface area contributed by atoms with Gasteiger partial charge >= 0.3 is 0 Å². The Balaban J connectivity index is 2.34. The summed E-state index contributed by atoms with van der Waals surface area (Å²) >= 11 is 0. The van der Waals surface area contributed by atoms with Gasteiger partial charge in [-0.2, -0.15) is 0 Å². The van der Waals surface area contributed by atoms with Crippen molar-refractivity contribution >= 4 is 16.9 Å². The number of hydrazine groups is 1. The van der Waals surface area contributed by atoms with Crippen LogP contribution in [-0.4, -0.2) is 21.1 Å². The van der Waals surface area contributed by atoms with Gasteiger partial charge in [0.15, 0.2) is 5.82 Å². The van der Waals surface area contributed by atoms with Crippen molar-refractivity contribution in [2.45, 2.75) is 6.42 Å². The molecule has 1 aromatic carbocycles. The first kappa shape index (κ1) is 9.47. The number of nitrogens with one attached hydrogen (secondary N) is 1. The molecule has 0 radical (unpaired) electrons. The molecule has 0 unspecified atom stereocenters. The van der Waals surface area contributed by atoms with E-state index in [1.807, 2.05) is 29.7 Å². The number of nitrogens with two attached hydrogens (primary N) is 1. The van der Waals surface area contributed by atoms with E-state index < -0.39 is 0 Å². The molecule has 6 heteroatoms. The van der Waals surface area contributed by atoms with E-state index in [0.717, 1.165) is 0 Å². The quantitative estimate of drug-likeness (QED) is 0.392. The molecule has 0 saturated carbocycles. The third-order valence-electron chi connectivity index (χ3n) is 1.88. The molecule has 0 saturated heterocycles. The fourth-order valence-electron chi connectivity index (χ4n) is 1.19. The van der Waals surface area contributed by atoms with Gasteiger partial charge in [-0.05, 0) is 12.1 Å². The average molecular weight is 203 g/mol. The van der Waals surface area contributed by atoms with Crippen LogP contribution in [0.25, 0.3) is 11.0 Å². The molecule has 0 bridgehead atoms. The first-order chi connectivity index (χ1) is 7.29. The minimum absolute atomic E-state index is 0.0360. The van der Waals surface area contributed by atoms with E-state index in [1.165, 1.54) is 0 Å². The fourth-order valence-corrected chi connectivity index (χ4v) is 1.19. The van der Waals surface area contributed by atoms with Gasteiger partial charge < -0.3 is 0 Å². The van der Waals surface area contributed by atoms with Gasteiger partial charge in [-0.15, -0.1) is 10.2 Å². The van der Waals surface area contributed by atoms with Crippen LogP contribution in [0.1, 0.15) is 5.82 Å². The van der Waals surface area contributed by atoms with Gasteiger partial charge in [-0.1, -0.05) is 12.1 Å². The van der Waals surface area contributed by atoms with E-state index in [9.17, 15) is 4.79 Å². The highest BCUT2D eigenvalue weighted by Crippen LogP contribution is 2.06. The highest BCUT2D eigenvalue weighted by atomic mass is 16.2. The van der Waals surface area contributed by atoms with E-state index in [4.69, 9.17) is 5.84 Å². The topological polar surface area (TPSA) is 93.8 Å². The van der Waals surface area contributed by atoms with Gasteiger partial charge in [0, 0.05) is 0 Å². The normalized spacial score (nSPS) is 10.2. The second kappa shape index (κ2) is 3.97. The van der Waals surface area contributed by atoms with E-state index in [0.29, 0.717) is 16.9 Å². The van der Waals surface area contributed by atoms with E-state index in [1.54, 1.807) is 0 Å². The van der Waals surface area contributed by atoms with Gasteiger partial charge in [0.05, 0.1) is 11.9 Å². The van der Waals surface area contributed by atoms with Gasteiger partial charge in [0.2, 0.25) is 5.91 Å². The molecular formula is C9H9N5O. The van der Waals surface area contributed by atoms with Crippen molar-refractivity contribution in [1.29, 1.82) is 0 Å². The number of rotatable bonds is 2. The van der Waals surface area contributed by atoms with Crippen LogP contribution in [0, 0.1) is 0 Å². The van der Waals surface area contributed by atoms with E-state index in [-0.39, 0.29) is 12.3 Å². The Hall–Kier alpha value is -2.08. The first-order valence-corrected chi connectivity index (χ1v) is 4.37. The van der Waals surface area contributed by atoms with Gasteiger partial charge in [0.1, 0.15) is 5.52 Å². The maximum absolute atomic E-state index is 11.0. The number of benzene rings is 1. The zero-order chi connectivity index (χ0) is 10.7. The number of carbonyl (C=O) groups excluding carboxylic acids is 1. The Kier molecular flexibility index (Phi) is 2.51. The molecule has 0 fully saturated rings. The Morgan fingerprint density at radius 1 is 1.27 bits per heavy atom. The lowest BCUT2D eigenvalue weighted by Gasteiger charge is -1.99. The van der Waals surface area contributed by atoms with Crippen LogP contribution in [0.2, 0.25) is 0 Å². The van der Waals surface area contributed by atoms with Crippen LogP contribution in [0.15, 0.2) is 24.3 Å². The largest absolute Gasteiger partial charge is 0.294 e. The number of fused-ring (bicyclic) bond motifs is 1. The van der Waals surface area contributed by atoms with Crippen molar-refractivity contribution < 1.29 is 4.79 Å². The number of amides is 1. The minimum Gasteiger partial charge on any atom is -0.294 e. The fraction of sp³-hybridized carbons (Fsp3) is 0.111. The number of aromatic nitrogens is 3. The summed E-state index contributed by atoms with van der Waals surface area (Å²) in [5, 5.41) is 7.75. The molecule has 0 aliphatic heterocycles. The number of hydrogen-bond donors (Lipinski definition) is 2. The number of nitrogens with zero attached hydrogens (tertiary/aromatic N) is 3. The summed E-state index contributed by atoms with van der Waals surface area (Å²) in [6.45, 7) is 0. The van der Waals surface area contributed by atoms with Crippen molar-refractivity contribution in [3.63, 3.8) is 0 Å². The van der Waals surface area contributed by atoms with Crippen molar-refractivity contribution in [2.75, 3.05) is 0 Å². The molecule has 0 atom stereocenters. The van der Waals surface area contributed by atoms with Crippen molar-refractivity contribution in [3.8, 4) is 0 Å². The van der Waals surface area contributed by atoms with Crippen LogP contribution in [0.3, 0.4) is 0 Å². The van der Waals surface area contributed by atoms with E-state index in [2.05, 4.69) is 15.2 Å². The maximum Gasteiger partial charge on any atom is 0.241 e. The monoisotopic (exact) mass is 203 g/mol. The smallest absolute Gasteiger partial charge is 0.241 e. The summed E-state index contributed by atoms with van der Waals surface area (Å²) in [4.78, 5) is 15.1. The molecular weight excluding hydrogens is 194 g/mol. The Morgan fingerprint density at radius 2 is 2.00 bits per heavy atom. The first-order valence-electron chi connectivity index (χ1n) is 4.37. The summed E-state index contributed by atoms with van der Waals surface area (Å²) < 4.78 is 0. The Bertz CT molecular complexity index is 499. The molecule has 0 aliphatic rings. The Morgan fingerprint density at radius 3 is 2.73 bits per heavy atom. The highest BCUT2D eigenvalue weighted by Gasteiger charge is 2.05. The average Bonchev–Trinajstić information content (AvgIpc) is 2.29. The Labute approximate surface area is 85.5 Å². The molecule has 0 spiro atoms. The molecule has 0 aliphatic carbocycles. The standard InChI is InChI=1S/C9H9N5O/c10-12-9(15)5-8-11-6-3-1-2-4-7(6)13-14-8/h1-4H,5,10H2,(H,12,15). The summed E-state index contributed by atoms with van der Waals surface area (Å²) in [5.74, 6) is 4.97. The van der Waals surface area contributed by atoms with Gasteiger partial charge in [0.25, 0.3) is 0 Å². The molecule has 1 heterocycles. The molecule has 15 heavy (non-hydrogen) atoms. The lowest BCUT2D eigenvalue weighted by molar-refractivity contribution is -0.120. The highest BCUT2D eigenvalue weighted by molar-refractivity contribution is 5.78. The zero-order valence-electron chi connectivity index (χ0n) is 7.84. The number of para-hydroxylation sites is 1. The third kappa shape index (κ3) is 2.05. The lowest BCUT2D eigenvalue weighted by atomic mass is 10.3. The summed E-state index contributed by atoms with van der Waals surface area (Å²) in [7, 11) is 0. The number of carbonyl (C=O) groups is 1. The van der Waals surface area contributed by atoms with Crippen LogP contribution in [-0.2, 0) is 11.2 Å². The second-order valence-corrected chi connectivity index (χ2v) is 2.96. The van der Waals surface area contributed by atoms with Crippen molar-refractivity contribution in [1.82, 2.24) is 20.6 Å². The molecule has 2 aromatic rings. The predicted molar refractivity (Wildman–Crippen MR) is 53.4 cm³/mol. The molecule has 6 nitrogen and oxygen atoms in total. The number of hydrogen-bond acceptors (Lipinski definition) is 5. The summed E-state index contributed by atoms with van der Waals surface area (Å²) in [5.41, 5.74) is 3.43. The van der Waals surface area contributed by atoms with Gasteiger partial charge in [-0.25, -0.2) is 10.8 Å². The van der Waals surface area contributed by atoms with Gasteiger partial charge in [-0.3, -0.25) is 10.2 Å². The maximum atomic E-state index is 11.0. The third-order valence-corrected chi connectivity index (χ3v) is 1.88. The second-order valence-electron chi connectivity index (χ2n) is 2.96. The van der Waals surface area contributed by atoms with Crippen molar-refractivity contribution in [2.24, 2.45) is 5.84 Å². The molecule has 1 aromatic heterocycles. The van der Waals surface area contributed by atoms with E-state index >= 15 is 0 Å². The molecule has 3 N–H and O–H groups in total. The van der Waals surface area contributed by atoms with Crippen molar-refractivity contribution in [3.05, 3.63) is 30.1 Å². The van der Waals surface area contributed by atoms with Crippen LogP contribution in [0.5, 0.6) is 0 Å². The minimum atomic E-state index is -0.341. The summed E-state index contributed by atoms with van der Waals surface area (Å²) in [6, 6.07) is 7.32. The zero-order valence-corrected chi connectivity index (χ0v) is 7.84. The molecule has 1 amide bonds. The van der Waals surface area contributed by atoms with Crippen LogP contribution in [0.4, 0.5) is 0 Å². The molecule has 76 valence electrons. The predicted octanol–water partition coefficient (Wildman–Crippen LogP) is -0.443. The van der Waals surface area contributed by atoms with Crippen LogP contribution >= 0.6 is 0 Å². The lowest BCUT2D eigenvalue weighted by Crippen LogP contribution is -2.32. The molecule has 2 rings (SSSR count). The summed E-state index contributed by atoms with van der Waals surface area (Å²) in [6.07, 6.45) is 0.0360.